The number of carbonyl (C=O) groups is 4. The van der Waals surface area contributed by atoms with Gasteiger partial charge in [0.2, 0.25) is 0 Å². The number of ether oxygens (including phenoxy) is 2. The van der Waals surface area contributed by atoms with E-state index in [4.69, 9.17) is 14.5 Å². The number of anilines is 1. The minimum Gasteiger partial charge on any atom is -0.427 e. The third kappa shape index (κ3) is 6.54. The molecule has 1 aromatic heterocycles. The number of hydrogen-bond acceptors (Lipinski definition) is 12. The van der Waals surface area contributed by atoms with Crippen molar-refractivity contribution < 1.29 is 38.9 Å². The van der Waals surface area contributed by atoms with Crippen molar-refractivity contribution >= 4 is 57.2 Å². The molecule has 4 fully saturated rings. The molecule has 6 aliphatic heterocycles. The fourth-order valence-electron chi connectivity index (χ4n) is 15.7. The van der Waals surface area contributed by atoms with Crippen molar-refractivity contribution in [3.63, 3.8) is 0 Å². The zero-order chi connectivity index (χ0) is 45.1. The molecule has 0 aromatic carbocycles. The normalized spacial score (nSPS) is 38.2. The highest BCUT2D eigenvalue weighted by molar-refractivity contribution is 8.77. The Labute approximate surface area is 394 Å². The summed E-state index contributed by atoms with van der Waals surface area (Å²) in [7, 11) is 3.04. The minimum absolute atomic E-state index is 0.0121. The lowest BCUT2D eigenvalue weighted by Crippen LogP contribution is -2.54. The number of imide groups is 1. The number of carbonyl (C=O) groups excluding carboxylic acids is 4. The van der Waals surface area contributed by atoms with E-state index in [2.05, 4.69) is 30.5 Å². The third-order valence-corrected chi connectivity index (χ3v) is 21.3. The Bertz CT molecular complexity index is 2460. The number of allylic oxidation sites excluding steroid dienone is 4. The topological polar surface area (TPSA) is 155 Å². The van der Waals surface area contributed by atoms with Crippen LogP contribution in [0.4, 0.5) is 5.82 Å². The number of hydrogen-bond donors (Lipinski definition) is 3. The molecule has 0 unspecified atom stereocenters. The molecular weight excluding hydrogens is 871 g/mol. The molecule has 13 aliphatic rings. The highest BCUT2D eigenvalue weighted by Crippen LogP contribution is 2.73. The van der Waals surface area contributed by atoms with E-state index in [1.807, 2.05) is 6.07 Å². The number of esters is 2. The van der Waals surface area contributed by atoms with Gasteiger partial charge >= 0.3 is 11.9 Å². The molecule has 348 valence electrons. The summed E-state index contributed by atoms with van der Waals surface area (Å²) in [5, 5.41) is 25.3. The minimum atomic E-state index is -0.973. The van der Waals surface area contributed by atoms with Gasteiger partial charge in [-0.05, 0) is 147 Å². The van der Waals surface area contributed by atoms with E-state index in [-0.39, 0.29) is 77.2 Å². The quantitative estimate of drug-likeness (QED) is 0.129. The Morgan fingerprint density at radius 1 is 0.924 bits per heavy atom. The summed E-state index contributed by atoms with van der Waals surface area (Å²) in [6.45, 7) is 2.55. The van der Waals surface area contributed by atoms with Gasteiger partial charge < -0.3 is 25.0 Å². The lowest BCUT2D eigenvalue weighted by atomic mass is 9.42. The Hall–Kier alpha value is -3.91. The second-order valence-corrected chi connectivity index (χ2v) is 23.8. The van der Waals surface area contributed by atoms with Crippen LogP contribution in [-0.4, -0.2) is 67.8 Å². The molecule has 0 radical (unpaired) electrons. The number of aliphatic hydroxyl groups excluding tert-OH is 2. The number of nitrogens with one attached hydrogen (secondary N) is 1. The number of pyridine rings is 1. The molecule has 14 rings (SSSR count). The maximum atomic E-state index is 15.3. The Kier molecular flexibility index (Phi) is 10.9. The predicted molar refractivity (Wildman–Crippen MR) is 252 cm³/mol. The van der Waals surface area contributed by atoms with Crippen molar-refractivity contribution in [2.24, 2.45) is 52.3 Å². The molecule has 2 amide bonds. The van der Waals surface area contributed by atoms with Crippen molar-refractivity contribution in [3.8, 4) is 0 Å². The van der Waals surface area contributed by atoms with Crippen LogP contribution in [0.15, 0.2) is 76.0 Å². The summed E-state index contributed by atoms with van der Waals surface area (Å²) in [5.74, 6) is 0.506. The van der Waals surface area contributed by atoms with Crippen LogP contribution in [0, 0.1) is 52.3 Å². The van der Waals surface area contributed by atoms with Crippen molar-refractivity contribution in [1.29, 1.82) is 0 Å². The molecule has 66 heavy (non-hydrogen) atoms. The smallest absolute Gasteiger partial charge is 0.340 e. The van der Waals surface area contributed by atoms with Crippen LogP contribution in [0.2, 0.25) is 0 Å². The summed E-state index contributed by atoms with van der Waals surface area (Å²) in [6.07, 6.45) is 26.9. The van der Waals surface area contributed by atoms with E-state index in [9.17, 15) is 24.6 Å². The standard InChI is InChI=1S/C53H61N3O8S2/c1-2-52(21-3-4-22-52)37-14-11-30-26-35-33-19-23-53(45(35)44-42(30)47(37)64-49(44)60)38-15-12-31(29-9-7-28(8-10-29)6-5-25-57)51(62)66-65-39-16-13-34-32(20-24-54-48(34)55-39)36(43(33)46(53)50(61)63-38)27-56-40(58)17-18-41(56)59/h13,15-18,20,24,28-31,33,35-36,39,45,51,57,62H,2-12,14,19,21-23,25-27H2,1H3,(H,54,55)/b38-15-/t28?,29?,30-,31+,33-,35-,36+,39-,45+,51-,53-/m0/s1. The lowest BCUT2D eigenvalue weighted by Gasteiger charge is -2.58. The first-order valence-corrected chi connectivity index (χ1v) is 27.4. The van der Waals surface area contributed by atoms with Crippen LogP contribution in [0.5, 0.6) is 0 Å². The average molecular weight is 932 g/mol. The second-order valence-electron chi connectivity index (χ2n) is 21.3. The summed E-state index contributed by atoms with van der Waals surface area (Å²) in [6, 6.07) is 1.98. The van der Waals surface area contributed by atoms with Crippen LogP contribution in [0.25, 0.3) is 6.08 Å². The van der Waals surface area contributed by atoms with Gasteiger partial charge in [0.05, 0.1) is 11.0 Å². The van der Waals surface area contributed by atoms with Gasteiger partial charge in [0.25, 0.3) is 11.8 Å². The molecule has 3 N–H and O–H groups in total. The average Bonchev–Trinajstić information content (AvgIpc) is 4.11. The number of nitrogens with zero attached hydrogens (tertiary/aromatic N) is 2. The first-order valence-electron chi connectivity index (χ1n) is 25.1. The molecule has 1 aromatic rings. The van der Waals surface area contributed by atoms with E-state index in [1.54, 1.807) is 17.0 Å². The van der Waals surface area contributed by atoms with Crippen LogP contribution in [0.3, 0.4) is 0 Å². The molecule has 9 atom stereocenters. The fraction of sp³-hybridized carbons (Fsp3) is 0.604. The fourth-order valence-corrected chi connectivity index (χ4v) is 18.1. The monoisotopic (exact) mass is 931 g/mol. The number of fused-ring (bicyclic) bond motifs is 6. The van der Waals surface area contributed by atoms with Crippen molar-refractivity contribution in [2.75, 3.05) is 18.5 Å². The first-order chi connectivity index (χ1) is 32.1. The van der Waals surface area contributed by atoms with Gasteiger partial charge in [-0.15, -0.1) is 0 Å². The van der Waals surface area contributed by atoms with Crippen molar-refractivity contribution in [1.82, 2.24) is 9.88 Å². The zero-order valence-electron chi connectivity index (χ0n) is 37.8. The van der Waals surface area contributed by atoms with Gasteiger partial charge in [-0.25, -0.2) is 14.6 Å². The molecule has 7 heterocycles. The number of aromatic nitrogens is 1. The maximum Gasteiger partial charge on any atom is 0.340 e. The van der Waals surface area contributed by atoms with Crippen LogP contribution < -0.4 is 5.32 Å². The molecule has 1 saturated heterocycles. The molecular formula is C53H61N3O8S2. The molecule has 9 bridgehead atoms. The van der Waals surface area contributed by atoms with Gasteiger partial charge in [-0.2, -0.15) is 0 Å². The molecule has 3 saturated carbocycles. The van der Waals surface area contributed by atoms with Gasteiger partial charge in [-0.1, -0.05) is 66.3 Å². The highest BCUT2D eigenvalue weighted by atomic mass is 33.1. The number of amides is 2. The van der Waals surface area contributed by atoms with E-state index in [0.29, 0.717) is 35.9 Å². The highest BCUT2D eigenvalue weighted by Gasteiger charge is 2.70. The third-order valence-electron chi connectivity index (χ3n) is 18.7. The maximum absolute atomic E-state index is 15.3. The van der Waals surface area contributed by atoms with Crippen molar-refractivity contribution in [3.05, 3.63) is 87.1 Å². The van der Waals surface area contributed by atoms with E-state index in [1.165, 1.54) is 46.3 Å². The summed E-state index contributed by atoms with van der Waals surface area (Å²) in [5.41, 5.74) is 4.79. The summed E-state index contributed by atoms with van der Waals surface area (Å²) in [4.78, 5) is 63.4. The summed E-state index contributed by atoms with van der Waals surface area (Å²) >= 11 is 0. The zero-order valence-corrected chi connectivity index (χ0v) is 39.4. The second kappa shape index (κ2) is 16.7. The SMILES string of the molecule is CCC1(C2=C3OC(=O)C4=C3[C@@H](CC2)C[C@H]2[C@@H]3CC[C@@]5(C6=C3[C@H](CN3C(=O)C=CC3=O)c3ccnc7c3C=C[C@@H](N7)SS[C@H](O)[C@@H](C3CCC(CCCO)CC3)C/C=C/5OC6=O)[C@@H]42)CCCC1. The molecule has 13 heteroatoms. The molecule has 11 nitrogen and oxygen atoms in total. The lowest BCUT2D eigenvalue weighted by molar-refractivity contribution is -0.137. The van der Waals surface area contributed by atoms with Gasteiger partial charge in [0.1, 0.15) is 28.1 Å². The Balaban J connectivity index is 1.06. The molecule has 1 spiro atoms. The van der Waals surface area contributed by atoms with Crippen LogP contribution >= 0.6 is 21.6 Å². The predicted octanol–water partition coefficient (Wildman–Crippen LogP) is 9.42. The van der Waals surface area contributed by atoms with E-state index >= 15 is 4.79 Å². The van der Waals surface area contributed by atoms with Gasteiger partial charge in [0, 0.05) is 66.0 Å². The summed E-state index contributed by atoms with van der Waals surface area (Å²) < 4.78 is 13.3. The Morgan fingerprint density at radius 3 is 2.50 bits per heavy atom. The van der Waals surface area contributed by atoms with Crippen molar-refractivity contribution in [2.45, 2.75) is 133 Å². The van der Waals surface area contributed by atoms with Crippen LogP contribution in [-0.2, 0) is 28.7 Å². The van der Waals surface area contributed by atoms with Gasteiger partial charge in [-0.3, -0.25) is 14.5 Å². The van der Waals surface area contributed by atoms with E-state index < -0.39 is 22.7 Å². The number of aliphatic hydroxyl groups is 2. The van der Waals surface area contributed by atoms with Gasteiger partial charge in [0.15, 0.2) is 0 Å². The Morgan fingerprint density at radius 2 is 1.73 bits per heavy atom. The first kappa shape index (κ1) is 43.4. The molecule has 7 aliphatic carbocycles. The largest absolute Gasteiger partial charge is 0.427 e. The van der Waals surface area contributed by atoms with Crippen LogP contribution in [0.1, 0.15) is 133 Å². The number of rotatable bonds is 8. The van der Waals surface area contributed by atoms with E-state index in [0.717, 1.165) is 117 Å².